The quantitative estimate of drug-likeness (QED) is 0.832. The second kappa shape index (κ2) is 7.39. The number of amides is 1. The lowest BCUT2D eigenvalue weighted by Crippen LogP contribution is -2.25. The van der Waals surface area contributed by atoms with E-state index in [0.717, 1.165) is 23.9 Å². The van der Waals surface area contributed by atoms with Crippen molar-refractivity contribution in [3.8, 4) is 0 Å². The molecule has 2 aromatic rings. The van der Waals surface area contributed by atoms with E-state index in [1.165, 1.54) is 12.1 Å². The summed E-state index contributed by atoms with van der Waals surface area (Å²) < 4.78 is 48.9. The number of hydrogen-bond acceptors (Lipinski definition) is 6. The summed E-state index contributed by atoms with van der Waals surface area (Å²) in [6, 6.07) is 6.14. The van der Waals surface area contributed by atoms with Crippen LogP contribution in [-0.4, -0.2) is 16.9 Å². The summed E-state index contributed by atoms with van der Waals surface area (Å²) in [6.45, 7) is 5.51. The van der Waals surface area contributed by atoms with Crippen molar-refractivity contribution in [1.29, 1.82) is 0 Å². The maximum atomic E-state index is 12.7. The molecule has 0 fully saturated rings. The average molecular weight is 397 g/mol. The first kappa shape index (κ1) is 18.9. The normalized spacial score (nSPS) is 15.8. The molecule has 0 saturated carbocycles. The van der Waals surface area contributed by atoms with Gasteiger partial charge in [0, 0.05) is 5.69 Å². The van der Waals surface area contributed by atoms with Crippen LogP contribution in [0, 0.1) is 6.92 Å². The van der Waals surface area contributed by atoms with Gasteiger partial charge in [-0.05, 0) is 31.2 Å². The number of thioether (sulfide) groups is 1. The lowest BCUT2D eigenvalue weighted by Gasteiger charge is -2.09. The number of hydrogen-bond donors (Lipinski definition) is 2. The molecule has 1 aliphatic heterocycles. The van der Waals surface area contributed by atoms with Crippen molar-refractivity contribution < 1.29 is 27.1 Å². The minimum absolute atomic E-state index is 0.0608. The molecule has 1 amide bonds. The number of aryl methyl sites for hydroxylation is 1. The minimum Gasteiger partial charge on any atom is -0.462 e. The van der Waals surface area contributed by atoms with Gasteiger partial charge >= 0.3 is 6.18 Å². The highest BCUT2D eigenvalue weighted by molar-refractivity contribution is 8.14. The van der Waals surface area contributed by atoms with E-state index in [4.69, 9.17) is 9.15 Å². The summed E-state index contributed by atoms with van der Waals surface area (Å²) in [5, 5.41) is 7.16. The van der Waals surface area contributed by atoms with Crippen molar-refractivity contribution in [3.63, 3.8) is 0 Å². The van der Waals surface area contributed by atoms with Crippen molar-refractivity contribution in [3.05, 3.63) is 52.3 Å². The van der Waals surface area contributed by atoms with Gasteiger partial charge in [0.15, 0.2) is 0 Å². The van der Waals surface area contributed by atoms with Gasteiger partial charge in [-0.2, -0.15) is 13.2 Å². The zero-order chi connectivity index (χ0) is 19.6. The first-order valence-electron chi connectivity index (χ1n) is 7.63. The molecule has 2 N–H and O–H groups in total. The number of nitrogens with one attached hydrogen (secondary N) is 2. The van der Waals surface area contributed by atoms with Gasteiger partial charge in [0.05, 0.1) is 16.5 Å². The molecule has 0 bridgehead atoms. The van der Waals surface area contributed by atoms with Gasteiger partial charge in [-0.1, -0.05) is 24.4 Å². The van der Waals surface area contributed by atoms with E-state index in [1.54, 1.807) is 13.0 Å². The number of alkyl halides is 3. The second-order valence-corrected chi connectivity index (χ2v) is 6.46. The average Bonchev–Trinajstić information content (AvgIpc) is 3.18. The highest BCUT2D eigenvalue weighted by Crippen LogP contribution is 2.30. The molecule has 10 heteroatoms. The fourth-order valence-electron chi connectivity index (χ4n) is 2.26. The van der Waals surface area contributed by atoms with E-state index >= 15 is 0 Å². The van der Waals surface area contributed by atoms with Crippen molar-refractivity contribution >= 4 is 41.0 Å². The van der Waals surface area contributed by atoms with Gasteiger partial charge in [0.2, 0.25) is 11.8 Å². The molecule has 27 heavy (non-hydrogen) atoms. The van der Waals surface area contributed by atoms with Crippen LogP contribution in [0.25, 0.3) is 12.5 Å². The summed E-state index contributed by atoms with van der Waals surface area (Å²) in [5.74, 6) is 0.411. The summed E-state index contributed by atoms with van der Waals surface area (Å²) in [4.78, 5) is 12.0. The van der Waals surface area contributed by atoms with Crippen LogP contribution < -0.4 is 21.4 Å². The number of carbonyl (C=O) groups excluding carboxylic acids is 1. The number of benzene rings is 1. The van der Waals surface area contributed by atoms with Crippen LogP contribution in [0.2, 0.25) is 0 Å². The summed E-state index contributed by atoms with van der Waals surface area (Å²) >= 11 is 0.991. The van der Waals surface area contributed by atoms with E-state index in [0.29, 0.717) is 22.3 Å². The Hall–Kier alpha value is -2.88. The lowest BCUT2D eigenvalue weighted by molar-refractivity contribution is -0.137. The fraction of sp³-hybridized carbons (Fsp3) is 0.176. The largest absolute Gasteiger partial charge is 0.462 e. The second-order valence-electron chi connectivity index (χ2n) is 5.53. The Morgan fingerprint density at radius 1 is 1.37 bits per heavy atom. The molecule has 1 aromatic carbocycles. The smallest absolute Gasteiger partial charge is 0.416 e. The molecule has 6 nitrogen and oxygen atoms in total. The maximum absolute atomic E-state index is 12.7. The van der Waals surface area contributed by atoms with Gasteiger partial charge in [0.25, 0.3) is 5.23 Å². The Balaban J connectivity index is 1.57. The predicted octanol–water partition coefficient (Wildman–Crippen LogP) is 2.35. The van der Waals surface area contributed by atoms with E-state index in [1.807, 2.05) is 0 Å². The van der Waals surface area contributed by atoms with Crippen molar-refractivity contribution in [2.75, 3.05) is 11.1 Å². The third-order valence-corrected chi connectivity index (χ3v) is 4.24. The Kier molecular flexibility index (Phi) is 5.17. The van der Waals surface area contributed by atoms with Gasteiger partial charge in [-0.25, -0.2) is 5.43 Å². The van der Waals surface area contributed by atoms with Crippen LogP contribution in [0.3, 0.4) is 0 Å². The third kappa shape index (κ3) is 4.64. The molecule has 3 rings (SSSR count). The van der Waals surface area contributed by atoms with Crippen LogP contribution in [0.1, 0.15) is 11.3 Å². The monoisotopic (exact) mass is 397 g/mol. The molecule has 0 spiro atoms. The Bertz CT molecular complexity index is 1010. The Labute approximate surface area is 155 Å². The van der Waals surface area contributed by atoms with E-state index in [-0.39, 0.29) is 16.7 Å². The van der Waals surface area contributed by atoms with Crippen LogP contribution in [0.15, 0.2) is 39.9 Å². The van der Waals surface area contributed by atoms with E-state index < -0.39 is 17.6 Å². The Morgan fingerprint density at radius 3 is 2.81 bits per heavy atom. The number of halogens is 3. The molecule has 0 saturated heterocycles. The van der Waals surface area contributed by atoms with Gasteiger partial charge < -0.3 is 14.5 Å². The van der Waals surface area contributed by atoms with Crippen LogP contribution in [0.5, 0.6) is 0 Å². The zero-order valence-electron chi connectivity index (χ0n) is 14.0. The first-order chi connectivity index (χ1) is 12.7. The van der Waals surface area contributed by atoms with Crippen molar-refractivity contribution in [2.24, 2.45) is 5.10 Å². The van der Waals surface area contributed by atoms with Crippen molar-refractivity contribution in [2.45, 2.75) is 13.1 Å². The first-order valence-corrected chi connectivity index (χ1v) is 8.62. The summed E-state index contributed by atoms with van der Waals surface area (Å²) in [7, 11) is 0. The lowest BCUT2D eigenvalue weighted by atomic mass is 10.2. The standard InChI is InChI=1S/C17H14F3N3O3S/c1-9-6-13(10(2)25-9)15-22-23-16(26-15)27-8-14(24)21-12-5-3-4-11(7-12)17(18,19)20/h3-7,22H,2,8H2,1H3,(H,21,24). The topological polar surface area (TPSA) is 75.9 Å². The van der Waals surface area contributed by atoms with E-state index in [2.05, 4.69) is 22.4 Å². The van der Waals surface area contributed by atoms with Crippen LogP contribution in [-0.2, 0) is 15.7 Å². The third-order valence-electron chi connectivity index (χ3n) is 3.42. The molecule has 0 unspecified atom stereocenters. The molecule has 1 aromatic heterocycles. The number of nitrogens with zero attached hydrogens (tertiary/aromatic N) is 1. The molecule has 0 radical (unpaired) electrons. The molecule has 0 atom stereocenters. The number of carbonyl (C=O) groups is 1. The molecule has 0 aliphatic carbocycles. The maximum Gasteiger partial charge on any atom is 0.416 e. The molecule has 142 valence electrons. The highest BCUT2D eigenvalue weighted by atomic mass is 32.2. The van der Waals surface area contributed by atoms with Gasteiger partial charge in [-0.3, -0.25) is 4.79 Å². The SMILES string of the molecule is C=c1oc(C)cc1=C1NN=C(SCC(=O)Nc2cccc(C(F)(F)F)c2)O1. The molecule has 1 aliphatic rings. The van der Waals surface area contributed by atoms with Crippen molar-refractivity contribution in [1.82, 2.24) is 5.43 Å². The van der Waals surface area contributed by atoms with Crippen LogP contribution in [0.4, 0.5) is 18.9 Å². The number of furan rings is 1. The highest BCUT2D eigenvalue weighted by Gasteiger charge is 2.30. The van der Waals surface area contributed by atoms with E-state index in [9.17, 15) is 18.0 Å². The fourth-order valence-corrected chi connectivity index (χ4v) is 2.84. The minimum atomic E-state index is -4.47. The molecular weight excluding hydrogens is 383 g/mol. The Morgan fingerprint density at radius 2 is 2.15 bits per heavy atom. The number of rotatable bonds is 3. The zero-order valence-corrected chi connectivity index (χ0v) is 14.8. The van der Waals surface area contributed by atoms with Gasteiger partial charge in [0.1, 0.15) is 11.2 Å². The number of hydrazone groups is 1. The summed E-state index contributed by atoms with van der Waals surface area (Å²) in [5.41, 5.74) is 2.32. The van der Waals surface area contributed by atoms with Crippen LogP contribution >= 0.6 is 11.8 Å². The predicted molar refractivity (Wildman–Crippen MR) is 95.8 cm³/mol. The summed E-state index contributed by atoms with van der Waals surface area (Å²) in [6.07, 6.45) is -4.47. The number of ether oxygens (including phenoxy) is 1. The van der Waals surface area contributed by atoms with Gasteiger partial charge in [-0.15, -0.1) is 5.10 Å². The molecular formula is C17H14F3N3O3S. The molecule has 2 heterocycles. The number of anilines is 1.